The predicted molar refractivity (Wildman–Crippen MR) is 87.8 cm³/mol. The molecule has 0 amide bonds. The van der Waals surface area contributed by atoms with Crippen molar-refractivity contribution in [2.75, 3.05) is 12.9 Å². The van der Waals surface area contributed by atoms with E-state index in [1.807, 2.05) is 6.92 Å². The zero-order valence-electron chi connectivity index (χ0n) is 13.5. The van der Waals surface area contributed by atoms with Gasteiger partial charge in [0.15, 0.2) is 9.84 Å². The number of hydrogen-bond donors (Lipinski definition) is 0. The second-order valence-corrected chi connectivity index (χ2v) is 8.23. The highest BCUT2D eigenvalue weighted by Crippen LogP contribution is 2.28. The summed E-state index contributed by atoms with van der Waals surface area (Å²) in [5.41, 5.74) is 2.28. The Kier molecular flexibility index (Phi) is 5.46. The van der Waals surface area contributed by atoms with Crippen LogP contribution >= 0.6 is 0 Å². The number of esters is 1. The first-order valence-electron chi connectivity index (χ1n) is 7.51. The smallest absolute Gasteiger partial charge is 0.374 e. The van der Waals surface area contributed by atoms with Crippen LogP contribution in [-0.4, -0.2) is 27.2 Å². The van der Waals surface area contributed by atoms with Gasteiger partial charge >= 0.3 is 5.97 Å². The number of hydrogen-bond acceptors (Lipinski definition) is 5. The molecule has 0 bridgehead atoms. The molecular formula is C17H22O5S. The Balaban J connectivity index is 1.87. The normalized spacial score (nSPS) is 18.3. The van der Waals surface area contributed by atoms with Gasteiger partial charge in [-0.05, 0) is 49.8 Å². The lowest BCUT2D eigenvalue weighted by molar-refractivity contribution is 0.0497. The van der Waals surface area contributed by atoms with Crippen molar-refractivity contribution in [1.82, 2.24) is 0 Å². The summed E-state index contributed by atoms with van der Waals surface area (Å²) in [5, 5.41) is 0. The molecule has 126 valence electrons. The molecule has 2 rings (SSSR count). The number of carbonyl (C=O) groups is 1. The van der Waals surface area contributed by atoms with E-state index in [4.69, 9.17) is 9.15 Å². The van der Waals surface area contributed by atoms with E-state index in [0.29, 0.717) is 5.92 Å². The molecule has 1 aliphatic rings. The van der Waals surface area contributed by atoms with Gasteiger partial charge in [0.25, 0.3) is 0 Å². The first-order chi connectivity index (χ1) is 10.7. The third-order valence-corrected chi connectivity index (χ3v) is 4.67. The molecule has 6 heteroatoms. The highest BCUT2D eigenvalue weighted by molar-refractivity contribution is 7.89. The maximum absolute atomic E-state index is 11.9. The van der Waals surface area contributed by atoms with E-state index >= 15 is 0 Å². The Hall–Kier alpha value is -1.82. The van der Waals surface area contributed by atoms with Crippen LogP contribution in [-0.2, 0) is 20.3 Å². The first-order valence-corrected chi connectivity index (χ1v) is 9.57. The second-order valence-electron chi connectivity index (χ2n) is 6.09. The van der Waals surface area contributed by atoms with Crippen LogP contribution in [0.1, 0.15) is 42.5 Å². The van der Waals surface area contributed by atoms with Crippen molar-refractivity contribution < 1.29 is 22.4 Å². The summed E-state index contributed by atoms with van der Waals surface area (Å²) in [6, 6.07) is 2.92. The molecule has 1 aliphatic carbocycles. The molecule has 1 aromatic heterocycles. The molecule has 0 radical (unpaired) electrons. The van der Waals surface area contributed by atoms with Gasteiger partial charge in [-0.3, -0.25) is 0 Å². The summed E-state index contributed by atoms with van der Waals surface area (Å²) < 4.78 is 32.9. The minimum Gasteiger partial charge on any atom is -0.455 e. The van der Waals surface area contributed by atoms with Gasteiger partial charge in [0.1, 0.15) is 18.1 Å². The van der Waals surface area contributed by atoms with Crippen LogP contribution in [0, 0.1) is 5.92 Å². The van der Waals surface area contributed by atoms with Crippen LogP contribution in [0.3, 0.4) is 0 Å². The number of furan rings is 1. The van der Waals surface area contributed by atoms with E-state index in [9.17, 15) is 13.2 Å². The molecule has 1 heterocycles. The van der Waals surface area contributed by atoms with Crippen LogP contribution in [0.25, 0.3) is 0 Å². The average Bonchev–Trinajstić information content (AvgIpc) is 2.91. The third-order valence-electron chi connectivity index (χ3n) is 3.86. The second kappa shape index (κ2) is 7.17. The lowest BCUT2D eigenvalue weighted by Crippen LogP contribution is -2.12. The summed E-state index contributed by atoms with van der Waals surface area (Å²) in [4.78, 5) is 11.9. The van der Waals surface area contributed by atoms with Crippen molar-refractivity contribution in [3.8, 4) is 0 Å². The van der Waals surface area contributed by atoms with Gasteiger partial charge in [-0.25, -0.2) is 13.2 Å². The standard InChI is InChI=1S/C17H22O5S/c1-12(2)14-6-4-13(5-7-14)10-21-17(18)16-9-8-15(22-16)11-23(3,19)20/h4,8-9,14H,1,5-7,10-11H2,2-3H3/t14-/m1/s1. The van der Waals surface area contributed by atoms with Crippen molar-refractivity contribution in [1.29, 1.82) is 0 Å². The summed E-state index contributed by atoms with van der Waals surface area (Å²) >= 11 is 0. The largest absolute Gasteiger partial charge is 0.455 e. The Bertz CT molecular complexity index is 724. The Morgan fingerprint density at radius 2 is 2.17 bits per heavy atom. The molecule has 0 fully saturated rings. The Labute approximate surface area is 136 Å². The van der Waals surface area contributed by atoms with Crippen molar-refractivity contribution >= 4 is 15.8 Å². The molecule has 0 saturated heterocycles. The fourth-order valence-electron chi connectivity index (χ4n) is 2.52. The van der Waals surface area contributed by atoms with E-state index in [0.717, 1.165) is 31.1 Å². The van der Waals surface area contributed by atoms with E-state index in [2.05, 4.69) is 12.7 Å². The molecule has 1 atom stereocenters. The van der Waals surface area contributed by atoms with Crippen molar-refractivity contribution in [3.05, 3.63) is 47.5 Å². The number of ether oxygens (including phenoxy) is 1. The van der Waals surface area contributed by atoms with Gasteiger partial charge in [0, 0.05) is 6.26 Å². The molecule has 0 aliphatic heterocycles. The van der Waals surface area contributed by atoms with Gasteiger partial charge < -0.3 is 9.15 Å². The molecule has 0 spiro atoms. The topological polar surface area (TPSA) is 73.6 Å². The first kappa shape index (κ1) is 17.5. The summed E-state index contributed by atoms with van der Waals surface area (Å²) in [5.74, 6) is -0.0282. The number of allylic oxidation sites excluding steroid dienone is 2. The van der Waals surface area contributed by atoms with Crippen LogP contribution in [0.5, 0.6) is 0 Å². The number of rotatable bonds is 6. The molecule has 1 aromatic rings. The zero-order chi connectivity index (χ0) is 17.0. The highest BCUT2D eigenvalue weighted by atomic mass is 32.2. The monoisotopic (exact) mass is 338 g/mol. The molecule has 0 saturated carbocycles. The lowest BCUT2D eigenvalue weighted by atomic mass is 9.86. The Morgan fingerprint density at radius 3 is 2.74 bits per heavy atom. The molecular weight excluding hydrogens is 316 g/mol. The van der Waals surface area contributed by atoms with Gasteiger partial charge in [-0.15, -0.1) is 0 Å². The number of carbonyl (C=O) groups excluding carboxylic acids is 1. The third kappa shape index (κ3) is 5.39. The number of sulfone groups is 1. The van der Waals surface area contributed by atoms with Crippen LogP contribution in [0.4, 0.5) is 0 Å². The maximum Gasteiger partial charge on any atom is 0.374 e. The van der Waals surface area contributed by atoms with Crippen LogP contribution in [0.2, 0.25) is 0 Å². The highest BCUT2D eigenvalue weighted by Gasteiger charge is 2.18. The Morgan fingerprint density at radius 1 is 1.43 bits per heavy atom. The van der Waals surface area contributed by atoms with Crippen molar-refractivity contribution in [2.24, 2.45) is 5.92 Å². The SMILES string of the molecule is C=C(C)[C@@H]1CC=C(COC(=O)c2ccc(CS(C)(=O)=O)o2)CC1. The minimum atomic E-state index is -3.19. The van der Waals surface area contributed by atoms with E-state index < -0.39 is 15.8 Å². The predicted octanol–water partition coefficient (Wildman–Crippen LogP) is 3.28. The molecule has 5 nitrogen and oxygen atoms in total. The van der Waals surface area contributed by atoms with Crippen LogP contribution < -0.4 is 0 Å². The van der Waals surface area contributed by atoms with Gasteiger partial charge in [-0.2, -0.15) is 0 Å². The molecule has 0 N–H and O–H groups in total. The summed E-state index contributed by atoms with van der Waals surface area (Å²) in [6.07, 6.45) is 6.07. The van der Waals surface area contributed by atoms with Crippen molar-refractivity contribution in [3.63, 3.8) is 0 Å². The summed E-state index contributed by atoms with van der Waals surface area (Å²) in [7, 11) is -3.19. The fourth-order valence-corrected chi connectivity index (χ4v) is 3.19. The molecule has 0 unspecified atom stereocenters. The average molecular weight is 338 g/mol. The van der Waals surface area contributed by atoms with Gasteiger partial charge in [0.2, 0.25) is 5.76 Å². The molecule has 0 aromatic carbocycles. The fraction of sp³-hybridized carbons (Fsp3) is 0.471. The van der Waals surface area contributed by atoms with Gasteiger partial charge in [-0.1, -0.05) is 18.2 Å². The lowest BCUT2D eigenvalue weighted by Gasteiger charge is -2.21. The zero-order valence-corrected chi connectivity index (χ0v) is 14.3. The van der Waals surface area contributed by atoms with E-state index in [-0.39, 0.29) is 23.9 Å². The van der Waals surface area contributed by atoms with Gasteiger partial charge in [0.05, 0.1) is 0 Å². The minimum absolute atomic E-state index is 0.0277. The van der Waals surface area contributed by atoms with E-state index in [1.54, 1.807) is 0 Å². The summed E-state index contributed by atoms with van der Waals surface area (Å²) in [6.45, 7) is 6.25. The van der Waals surface area contributed by atoms with Crippen molar-refractivity contribution in [2.45, 2.75) is 31.9 Å². The quantitative estimate of drug-likeness (QED) is 0.588. The van der Waals surface area contributed by atoms with Crippen LogP contribution in [0.15, 0.2) is 40.4 Å². The maximum atomic E-state index is 11.9. The molecule has 23 heavy (non-hydrogen) atoms. The van der Waals surface area contributed by atoms with E-state index in [1.165, 1.54) is 17.7 Å².